The van der Waals surface area contributed by atoms with Crippen molar-refractivity contribution >= 4 is 5.97 Å². The molecule has 2 N–H and O–H groups in total. The van der Waals surface area contributed by atoms with Crippen molar-refractivity contribution in [2.75, 3.05) is 0 Å². The second-order valence-electron chi connectivity index (χ2n) is 7.43. The number of fused-ring (bicyclic) bond motifs is 2. The van der Waals surface area contributed by atoms with Gasteiger partial charge in [0, 0.05) is 6.42 Å². The van der Waals surface area contributed by atoms with Crippen LogP contribution in [0.2, 0.25) is 0 Å². The fourth-order valence-corrected chi connectivity index (χ4v) is 3.85. The zero-order valence-electron chi connectivity index (χ0n) is 13.8. The second kappa shape index (κ2) is 5.30. The Morgan fingerprint density at radius 1 is 1.39 bits per heavy atom. The van der Waals surface area contributed by atoms with Crippen molar-refractivity contribution in [1.29, 1.82) is 0 Å². The van der Waals surface area contributed by atoms with Crippen LogP contribution in [0.5, 0.6) is 0 Å². The summed E-state index contributed by atoms with van der Waals surface area (Å²) in [5.74, 6) is -0.951. The molecule has 5 heteroatoms. The first-order valence-corrected chi connectivity index (χ1v) is 8.02. The summed E-state index contributed by atoms with van der Waals surface area (Å²) in [4.78, 5) is 11.3. The van der Waals surface area contributed by atoms with E-state index < -0.39 is 22.8 Å². The molecule has 5 nitrogen and oxygen atoms in total. The Labute approximate surface area is 136 Å². The van der Waals surface area contributed by atoms with Crippen LogP contribution in [0.1, 0.15) is 56.0 Å². The molecule has 126 valence electrons. The zero-order chi connectivity index (χ0) is 16.9. The van der Waals surface area contributed by atoms with Gasteiger partial charge >= 0.3 is 5.97 Å². The summed E-state index contributed by atoms with van der Waals surface area (Å²) in [6.45, 7) is 5.80. The highest BCUT2D eigenvalue weighted by Crippen LogP contribution is 2.56. The van der Waals surface area contributed by atoms with Crippen LogP contribution in [0.4, 0.5) is 0 Å². The molecule has 0 amide bonds. The molecule has 2 saturated heterocycles. The van der Waals surface area contributed by atoms with Gasteiger partial charge in [0.25, 0.3) is 0 Å². The van der Waals surface area contributed by atoms with E-state index >= 15 is 0 Å². The molecule has 1 aromatic carbocycles. The van der Waals surface area contributed by atoms with Crippen LogP contribution >= 0.6 is 0 Å². The van der Waals surface area contributed by atoms with Gasteiger partial charge in [-0.3, -0.25) is 0 Å². The standard InChI is InChI=1S/C18H24O5/c1-16(2,21)18-9-8-17(3,23-18)14(10-18)22-11-12-6-4-5-7-13(12)15(19)20/h4-7,14,21H,8-11H2,1-3H3,(H,19,20). The van der Waals surface area contributed by atoms with Crippen molar-refractivity contribution in [3.63, 3.8) is 0 Å². The molecule has 0 aliphatic carbocycles. The molecule has 2 fully saturated rings. The molecule has 2 bridgehead atoms. The number of rotatable bonds is 5. The van der Waals surface area contributed by atoms with E-state index in [1.165, 1.54) is 0 Å². The number of carboxylic acids is 1. The number of hydrogen-bond donors (Lipinski definition) is 2. The van der Waals surface area contributed by atoms with Gasteiger partial charge in [-0.25, -0.2) is 4.79 Å². The highest BCUT2D eigenvalue weighted by molar-refractivity contribution is 5.89. The molecule has 0 aromatic heterocycles. The predicted octanol–water partition coefficient (Wildman–Crippen LogP) is 2.75. The summed E-state index contributed by atoms with van der Waals surface area (Å²) < 4.78 is 12.2. The molecule has 2 aliphatic heterocycles. The van der Waals surface area contributed by atoms with Crippen LogP contribution in [-0.4, -0.2) is 39.1 Å². The van der Waals surface area contributed by atoms with E-state index in [0.717, 1.165) is 12.8 Å². The molecule has 0 saturated carbocycles. The molecular formula is C18H24O5. The Morgan fingerprint density at radius 3 is 2.70 bits per heavy atom. The van der Waals surface area contributed by atoms with Crippen LogP contribution < -0.4 is 0 Å². The lowest BCUT2D eigenvalue weighted by atomic mass is 9.73. The zero-order valence-corrected chi connectivity index (χ0v) is 13.8. The highest BCUT2D eigenvalue weighted by Gasteiger charge is 2.64. The quantitative estimate of drug-likeness (QED) is 0.872. The van der Waals surface area contributed by atoms with Gasteiger partial charge in [0.1, 0.15) is 0 Å². The number of carboxylic acid groups (broad SMARTS) is 1. The smallest absolute Gasteiger partial charge is 0.336 e. The fraction of sp³-hybridized carbons (Fsp3) is 0.611. The van der Waals surface area contributed by atoms with Gasteiger partial charge in [0.05, 0.1) is 35.1 Å². The van der Waals surface area contributed by atoms with Crippen molar-refractivity contribution in [2.24, 2.45) is 0 Å². The third-order valence-corrected chi connectivity index (χ3v) is 5.45. The summed E-state index contributed by atoms with van der Waals surface area (Å²) in [6.07, 6.45) is 2.13. The summed E-state index contributed by atoms with van der Waals surface area (Å²) in [5, 5.41) is 19.7. The van der Waals surface area contributed by atoms with E-state index in [2.05, 4.69) is 0 Å². The van der Waals surface area contributed by atoms with Crippen LogP contribution in [0.3, 0.4) is 0 Å². The van der Waals surface area contributed by atoms with Gasteiger partial charge in [0.2, 0.25) is 0 Å². The summed E-state index contributed by atoms with van der Waals surface area (Å²) in [5.41, 5.74) is -0.999. The van der Waals surface area contributed by atoms with Crippen molar-refractivity contribution < 1.29 is 24.5 Å². The number of aromatic carboxylic acids is 1. The van der Waals surface area contributed by atoms with E-state index in [1.807, 2.05) is 13.0 Å². The van der Waals surface area contributed by atoms with Gasteiger partial charge < -0.3 is 19.7 Å². The molecule has 3 rings (SSSR count). The van der Waals surface area contributed by atoms with Crippen LogP contribution in [-0.2, 0) is 16.1 Å². The van der Waals surface area contributed by atoms with Crippen molar-refractivity contribution in [3.05, 3.63) is 35.4 Å². The highest BCUT2D eigenvalue weighted by atomic mass is 16.6. The van der Waals surface area contributed by atoms with Crippen molar-refractivity contribution in [2.45, 2.75) is 69.5 Å². The van der Waals surface area contributed by atoms with Crippen LogP contribution in [0.15, 0.2) is 24.3 Å². The lowest BCUT2D eigenvalue weighted by Crippen LogP contribution is -2.49. The Kier molecular flexibility index (Phi) is 3.78. The van der Waals surface area contributed by atoms with Crippen LogP contribution in [0, 0.1) is 0 Å². The van der Waals surface area contributed by atoms with Gasteiger partial charge in [-0.15, -0.1) is 0 Å². The number of carbonyl (C=O) groups is 1. The number of ether oxygens (including phenoxy) is 2. The largest absolute Gasteiger partial charge is 0.478 e. The molecule has 2 heterocycles. The summed E-state index contributed by atoms with van der Waals surface area (Å²) >= 11 is 0. The van der Waals surface area contributed by atoms with E-state index in [1.54, 1.807) is 32.0 Å². The average Bonchev–Trinajstić information content (AvgIpc) is 2.97. The van der Waals surface area contributed by atoms with E-state index in [9.17, 15) is 15.0 Å². The van der Waals surface area contributed by atoms with Crippen molar-refractivity contribution in [1.82, 2.24) is 0 Å². The Balaban J connectivity index is 1.75. The first kappa shape index (κ1) is 16.4. The molecule has 0 radical (unpaired) electrons. The predicted molar refractivity (Wildman–Crippen MR) is 84.3 cm³/mol. The first-order chi connectivity index (χ1) is 10.7. The topological polar surface area (TPSA) is 76.0 Å². The van der Waals surface area contributed by atoms with Gasteiger partial charge in [0.15, 0.2) is 0 Å². The molecular weight excluding hydrogens is 296 g/mol. The maximum absolute atomic E-state index is 11.3. The Hall–Kier alpha value is -1.43. The first-order valence-electron chi connectivity index (χ1n) is 8.02. The minimum Gasteiger partial charge on any atom is -0.478 e. The lowest BCUT2D eigenvalue weighted by molar-refractivity contribution is -0.153. The second-order valence-corrected chi connectivity index (χ2v) is 7.43. The van der Waals surface area contributed by atoms with Gasteiger partial charge in [-0.2, -0.15) is 0 Å². The number of benzene rings is 1. The minimum absolute atomic E-state index is 0.149. The maximum atomic E-state index is 11.3. The molecule has 2 aliphatic rings. The van der Waals surface area contributed by atoms with Crippen LogP contribution in [0.25, 0.3) is 0 Å². The van der Waals surface area contributed by atoms with Crippen molar-refractivity contribution in [3.8, 4) is 0 Å². The fourth-order valence-electron chi connectivity index (χ4n) is 3.85. The monoisotopic (exact) mass is 320 g/mol. The summed E-state index contributed by atoms with van der Waals surface area (Å²) in [7, 11) is 0. The SMILES string of the molecule is CC12CCC(C(C)(C)O)(CC1OCc1ccccc1C(=O)O)O2. The molecule has 0 spiro atoms. The Bertz CT molecular complexity index is 620. The van der Waals surface area contributed by atoms with Gasteiger partial charge in [-0.1, -0.05) is 18.2 Å². The normalized spacial score (nSPS) is 33.1. The van der Waals surface area contributed by atoms with E-state index in [4.69, 9.17) is 9.47 Å². The van der Waals surface area contributed by atoms with Gasteiger partial charge in [-0.05, 0) is 45.2 Å². The molecule has 3 unspecified atom stereocenters. The average molecular weight is 320 g/mol. The third-order valence-electron chi connectivity index (χ3n) is 5.45. The molecule has 3 atom stereocenters. The molecule has 1 aromatic rings. The summed E-state index contributed by atoms with van der Waals surface area (Å²) in [6, 6.07) is 6.87. The minimum atomic E-state index is -0.951. The van der Waals surface area contributed by atoms with E-state index in [0.29, 0.717) is 12.0 Å². The van der Waals surface area contributed by atoms with E-state index in [-0.39, 0.29) is 18.3 Å². The third kappa shape index (κ3) is 2.67. The number of hydrogen-bond acceptors (Lipinski definition) is 4. The number of aliphatic hydroxyl groups is 1. The lowest BCUT2D eigenvalue weighted by Gasteiger charge is -2.37. The molecule has 23 heavy (non-hydrogen) atoms. The Morgan fingerprint density at radius 2 is 2.09 bits per heavy atom. The maximum Gasteiger partial charge on any atom is 0.336 e.